The molecule has 2 rings (SSSR count). The van der Waals surface area contributed by atoms with Gasteiger partial charge in [-0.3, -0.25) is 9.80 Å². The maximum Gasteiger partial charge on any atom is 0.355 e. The van der Waals surface area contributed by atoms with Crippen molar-refractivity contribution in [3.8, 4) is 5.75 Å². The van der Waals surface area contributed by atoms with Gasteiger partial charge in [0.1, 0.15) is 5.70 Å². The zero-order valence-electron chi connectivity index (χ0n) is 20.6. The molecule has 0 aromatic heterocycles. The third-order valence-corrected chi connectivity index (χ3v) is 5.49. The molecule has 0 unspecified atom stereocenters. The van der Waals surface area contributed by atoms with Crippen LogP contribution in [0.15, 0.2) is 42.2 Å². The Morgan fingerprint density at radius 3 is 2.32 bits per heavy atom. The molecule has 2 aromatic rings. The Balaban J connectivity index is 2.45. The Hall–Kier alpha value is -3.37. The van der Waals surface area contributed by atoms with Crippen molar-refractivity contribution < 1.29 is 19.1 Å². The number of amides is 1. The average molecular weight is 488 g/mol. The van der Waals surface area contributed by atoms with Crippen LogP contribution >= 0.6 is 11.9 Å². The predicted molar refractivity (Wildman–Crippen MR) is 139 cm³/mol. The monoisotopic (exact) mass is 487 g/mol. The lowest BCUT2D eigenvalue weighted by molar-refractivity contribution is -0.136. The minimum Gasteiger partial charge on any atom is -0.492 e. The number of nitrogens with one attached hydrogen (secondary N) is 2. The quantitative estimate of drug-likeness (QED) is 0.144. The number of benzene rings is 2. The number of rotatable bonds is 8. The molecule has 9 nitrogen and oxygen atoms in total. The normalized spacial score (nSPS) is 11.6. The van der Waals surface area contributed by atoms with E-state index in [1.165, 1.54) is 30.3 Å². The summed E-state index contributed by atoms with van der Waals surface area (Å²) in [4.78, 5) is 24.8. The number of esters is 1. The zero-order valence-corrected chi connectivity index (χ0v) is 21.4. The Labute approximate surface area is 204 Å². The molecule has 184 valence electrons. The maximum atomic E-state index is 13.2. The van der Waals surface area contributed by atoms with Crippen molar-refractivity contribution >= 4 is 40.9 Å². The van der Waals surface area contributed by atoms with Crippen molar-refractivity contribution in [3.05, 3.63) is 58.9 Å². The second-order valence-corrected chi connectivity index (χ2v) is 9.21. The van der Waals surface area contributed by atoms with Gasteiger partial charge in [0.15, 0.2) is 5.75 Å². The van der Waals surface area contributed by atoms with Gasteiger partial charge in [-0.05, 0) is 47.7 Å². The van der Waals surface area contributed by atoms with E-state index in [9.17, 15) is 9.59 Å². The van der Waals surface area contributed by atoms with Gasteiger partial charge in [0.2, 0.25) is 0 Å². The molecule has 0 saturated carbocycles. The van der Waals surface area contributed by atoms with Crippen LogP contribution in [0, 0.1) is 6.92 Å². The molecule has 0 atom stereocenters. The Morgan fingerprint density at radius 1 is 1.12 bits per heavy atom. The summed E-state index contributed by atoms with van der Waals surface area (Å²) >= 11 is 1.43. The van der Waals surface area contributed by atoms with Crippen LogP contribution in [-0.2, 0) is 14.9 Å². The highest BCUT2D eigenvalue weighted by atomic mass is 32.2. The second kappa shape index (κ2) is 11.2. The largest absolute Gasteiger partial charge is 0.492 e. The molecule has 0 saturated heterocycles. The van der Waals surface area contributed by atoms with Crippen molar-refractivity contribution in [2.24, 2.45) is 11.6 Å². The molecule has 0 aliphatic carbocycles. The van der Waals surface area contributed by atoms with Gasteiger partial charge in [0.05, 0.1) is 37.5 Å². The third-order valence-electron chi connectivity index (χ3n) is 5.07. The van der Waals surface area contributed by atoms with Gasteiger partial charge in [0.25, 0.3) is 5.91 Å². The second-order valence-electron chi connectivity index (χ2n) is 8.60. The summed E-state index contributed by atoms with van der Waals surface area (Å²) < 4.78 is 13.4. The smallest absolute Gasteiger partial charge is 0.355 e. The number of nitrogens with two attached hydrogens (primary N) is 2. The van der Waals surface area contributed by atoms with Crippen LogP contribution in [0.25, 0.3) is 0 Å². The zero-order chi connectivity index (χ0) is 25.6. The van der Waals surface area contributed by atoms with Crippen molar-refractivity contribution in [3.63, 3.8) is 0 Å². The molecule has 34 heavy (non-hydrogen) atoms. The van der Waals surface area contributed by atoms with Crippen molar-refractivity contribution in [1.29, 1.82) is 0 Å². The number of hydrogen-bond acceptors (Lipinski definition) is 9. The predicted octanol–water partition coefficient (Wildman–Crippen LogP) is 3.90. The SMILES string of the molecule is COC(=O)/C(N)=C/N(N)c1cc(C(=O)Nc2cc(C(C)(C)C)cc(NSC)c2OC)ccc1C. The molecule has 10 heteroatoms. The van der Waals surface area contributed by atoms with Crippen LogP contribution < -0.4 is 31.4 Å². The number of carbonyl (C=O) groups excluding carboxylic acids is 2. The number of hydrazine groups is 1. The van der Waals surface area contributed by atoms with Crippen LogP contribution in [-0.4, -0.2) is 32.4 Å². The van der Waals surface area contributed by atoms with E-state index in [-0.39, 0.29) is 17.0 Å². The molecule has 2 aromatic carbocycles. The molecule has 0 aliphatic rings. The number of anilines is 3. The fourth-order valence-electron chi connectivity index (χ4n) is 3.17. The van der Waals surface area contributed by atoms with E-state index in [4.69, 9.17) is 16.3 Å². The molecule has 0 spiro atoms. The number of nitrogens with zero attached hydrogens (tertiary/aromatic N) is 1. The summed E-state index contributed by atoms with van der Waals surface area (Å²) in [6.07, 6.45) is 3.15. The van der Waals surface area contributed by atoms with Crippen LogP contribution in [0.5, 0.6) is 5.75 Å². The van der Waals surface area contributed by atoms with Gasteiger partial charge < -0.3 is 25.2 Å². The molecule has 0 bridgehead atoms. The summed E-state index contributed by atoms with van der Waals surface area (Å²) in [5.41, 5.74) is 9.36. The van der Waals surface area contributed by atoms with E-state index in [1.54, 1.807) is 25.3 Å². The standard InChI is InChI=1S/C24H33N5O4S/c1-14-8-9-15(10-20(14)29(26)13-17(25)23(31)33-6)22(30)27-18-11-16(24(2,3)4)12-19(28-34-7)21(18)32-5/h8-13,28H,25-26H2,1-7H3,(H,27,30)/b17-13-. The molecule has 0 aliphatic heterocycles. The van der Waals surface area contributed by atoms with E-state index < -0.39 is 5.97 Å². The number of ether oxygens (including phenoxy) is 2. The Morgan fingerprint density at radius 2 is 1.76 bits per heavy atom. The van der Waals surface area contributed by atoms with E-state index in [2.05, 4.69) is 35.5 Å². The molecule has 0 fully saturated rings. The van der Waals surface area contributed by atoms with E-state index >= 15 is 0 Å². The van der Waals surface area contributed by atoms with Crippen LogP contribution in [0.3, 0.4) is 0 Å². The maximum absolute atomic E-state index is 13.2. The summed E-state index contributed by atoms with van der Waals surface area (Å²) in [6, 6.07) is 8.99. The lowest BCUT2D eigenvalue weighted by Crippen LogP contribution is -2.29. The highest BCUT2D eigenvalue weighted by Gasteiger charge is 2.21. The number of hydrogen-bond donors (Lipinski definition) is 4. The first-order valence-corrected chi connectivity index (χ1v) is 11.7. The van der Waals surface area contributed by atoms with Gasteiger partial charge in [-0.1, -0.05) is 38.8 Å². The topological polar surface area (TPSA) is 132 Å². The lowest BCUT2D eigenvalue weighted by Gasteiger charge is -2.24. The first-order valence-electron chi connectivity index (χ1n) is 10.5. The average Bonchev–Trinajstić information content (AvgIpc) is 2.77. The summed E-state index contributed by atoms with van der Waals surface area (Å²) in [7, 11) is 2.78. The molecule has 6 N–H and O–H groups in total. The molecule has 0 radical (unpaired) electrons. The summed E-state index contributed by atoms with van der Waals surface area (Å²) in [5, 5.41) is 4.14. The molecule has 1 amide bonds. The fourth-order valence-corrected chi connectivity index (χ4v) is 3.55. The summed E-state index contributed by atoms with van der Waals surface area (Å²) in [6.45, 7) is 8.12. The lowest BCUT2D eigenvalue weighted by atomic mass is 9.86. The van der Waals surface area contributed by atoms with Crippen LogP contribution in [0.1, 0.15) is 42.3 Å². The van der Waals surface area contributed by atoms with Gasteiger partial charge >= 0.3 is 5.97 Å². The Kier molecular flexibility index (Phi) is 8.83. The van der Waals surface area contributed by atoms with Gasteiger partial charge in [-0.15, -0.1) is 0 Å². The van der Waals surface area contributed by atoms with E-state index in [0.717, 1.165) is 16.8 Å². The van der Waals surface area contributed by atoms with Gasteiger partial charge in [0, 0.05) is 11.8 Å². The molecular weight excluding hydrogens is 454 g/mol. The van der Waals surface area contributed by atoms with Crippen molar-refractivity contribution in [2.45, 2.75) is 33.1 Å². The molecular formula is C24H33N5O4S. The minimum atomic E-state index is -0.706. The highest BCUT2D eigenvalue weighted by molar-refractivity contribution is 7.99. The fraction of sp³-hybridized carbons (Fsp3) is 0.333. The summed E-state index contributed by atoms with van der Waals surface area (Å²) in [5.74, 6) is 5.56. The molecule has 0 heterocycles. The Bertz CT molecular complexity index is 1100. The third kappa shape index (κ3) is 6.36. The van der Waals surface area contributed by atoms with Crippen molar-refractivity contribution in [2.75, 3.05) is 35.5 Å². The van der Waals surface area contributed by atoms with Crippen molar-refractivity contribution in [1.82, 2.24) is 0 Å². The number of aryl methyl sites for hydroxylation is 1. The van der Waals surface area contributed by atoms with Gasteiger partial charge in [-0.2, -0.15) is 0 Å². The van der Waals surface area contributed by atoms with Crippen LogP contribution in [0.2, 0.25) is 0 Å². The van der Waals surface area contributed by atoms with Gasteiger partial charge in [-0.25, -0.2) is 10.6 Å². The highest BCUT2D eigenvalue weighted by Crippen LogP contribution is 2.39. The number of methoxy groups -OCH3 is 2. The minimum absolute atomic E-state index is 0.149. The van der Waals surface area contributed by atoms with E-state index in [0.29, 0.717) is 22.7 Å². The van der Waals surface area contributed by atoms with E-state index in [1.807, 2.05) is 25.3 Å². The number of carbonyl (C=O) groups is 2. The first-order chi connectivity index (χ1) is 15.9. The van der Waals surface area contributed by atoms with Crippen LogP contribution in [0.4, 0.5) is 17.1 Å². The first kappa shape index (κ1) is 26.9.